The van der Waals surface area contributed by atoms with Crippen molar-refractivity contribution in [2.24, 2.45) is 0 Å². The molecule has 3 N–H and O–H groups in total. The maximum atomic E-state index is 12.2. The van der Waals surface area contributed by atoms with Gasteiger partial charge in [0.1, 0.15) is 23.6 Å². The van der Waals surface area contributed by atoms with Gasteiger partial charge in [0.2, 0.25) is 0 Å². The Labute approximate surface area is 198 Å². The Balaban J connectivity index is 0.00000133. The Morgan fingerprint density at radius 2 is 1.76 bits per heavy atom. The Bertz CT molecular complexity index is 1230. The van der Waals surface area contributed by atoms with Gasteiger partial charge in [0, 0.05) is 30.7 Å². The highest BCUT2D eigenvalue weighted by Gasteiger charge is 2.17. The number of benzene rings is 1. The number of rotatable bonds is 4. The first-order chi connectivity index (χ1) is 16.7. The number of hydrogen-bond donors (Lipinski definition) is 3. The van der Waals surface area contributed by atoms with Crippen molar-refractivity contribution in [2.45, 2.75) is 20.8 Å². The van der Waals surface area contributed by atoms with Crippen LogP contribution in [0.4, 0.5) is 22.1 Å². The first kappa shape index (κ1) is 23.2. The number of aryl methyl sites for hydroxylation is 1. The molecule has 9 heteroatoms. The summed E-state index contributed by atoms with van der Waals surface area (Å²) < 4.78 is 5.45. The van der Waals surface area contributed by atoms with E-state index >= 15 is 0 Å². The normalized spacial score (nSPS) is 13.2. The van der Waals surface area contributed by atoms with Gasteiger partial charge >= 0.3 is 6.03 Å². The second-order valence-corrected chi connectivity index (χ2v) is 7.62. The van der Waals surface area contributed by atoms with Crippen molar-refractivity contribution < 1.29 is 9.53 Å². The van der Waals surface area contributed by atoms with Gasteiger partial charge in [0.15, 0.2) is 0 Å². The predicted octanol–water partition coefficient (Wildman–Crippen LogP) is 4.84. The summed E-state index contributed by atoms with van der Waals surface area (Å²) in [5.74, 6) is 1.42. The van der Waals surface area contributed by atoms with Gasteiger partial charge in [-0.25, -0.2) is 19.7 Å². The molecule has 4 aromatic rings. The predicted molar refractivity (Wildman–Crippen MR) is 135 cm³/mol. The average Bonchev–Trinajstić information content (AvgIpc) is 3.32. The first-order valence-corrected chi connectivity index (χ1v) is 11.4. The fraction of sp³-hybridized carbons (Fsp3) is 0.280. The number of nitrogens with zero attached hydrogens (tertiary/aromatic N) is 4. The summed E-state index contributed by atoms with van der Waals surface area (Å²) in [6.45, 7) is 8.97. The number of H-pyrrole nitrogens is 1. The lowest BCUT2D eigenvalue weighted by molar-refractivity contribution is 0.122. The zero-order chi connectivity index (χ0) is 23.9. The summed E-state index contributed by atoms with van der Waals surface area (Å²) in [5.41, 5.74) is 4.44. The minimum Gasteiger partial charge on any atom is -0.378 e. The molecule has 2 amide bonds. The highest BCUT2D eigenvalue weighted by atomic mass is 16.5. The molecule has 1 aliphatic rings. The fourth-order valence-electron chi connectivity index (χ4n) is 3.66. The number of morpholine rings is 1. The van der Waals surface area contributed by atoms with E-state index in [0.717, 1.165) is 46.8 Å². The zero-order valence-corrected chi connectivity index (χ0v) is 19.6. The van der Waals surface area contributed by atoms with Gasteiger partial charge in [-0.2, -0.15) is 0 Å². The molecule has 4 heterocycles. The lowest BCUT2D eigenvalue weighted by Gasteiger charge is -2.27. The smallest absolute Gasteiger partial charge is 0.324 e. The van der Waals surface area contributed by atoms with E-state index < -0.39 is 0 Å². The summed E-state index contributed by atoms with van der Waals surface area (Å²) in [4.78, 5) is 30.9. The highest BCUT2D eigenvalue weighted by Crippen LogP contribution is 2.29. The largest absolute Gasteiger partial charge is 0.378 e. The van der Waals surface area contributed by atoms with Crippen molar-refractivity contribution in [3.63, 3.8) is 0 Å². The molecule has 0 radical (unpaired) electrons. The van der Waals surface area contributed by atoms with Crippen LogP contribution in [0.25, 0.3) is 22.3 Å². The molecule has 34 heavy (non-hydrogen) atoms. The van der Waals surface area contributed by atoms with Crippen LogP contribution in [0.3, 0.4) is 0 Å². The lowest BCUT2D eigenvalue weighted by Crippen LogP contribution is -2.36. The number of aromatic amines is 1. The van der Waals surface area contributed by atoms with Crippen LogP contribution < -0.4 is 15.5 Å². The van der Waals surface area contributed by atoms with Gasteiger partial charge in [0.05, 0.1) is 18.6 Å². The molecular formula is C25H29N7O2. The molecule has 1 fully saturated rings. The van der Waals surface area contributed by atoms with Crippen LogP contribution >= 0.6 is 0 Å². The maximum absolute atomic E-state index is 12.2. The van der Waals surface area contributed by atoms with Crippen LogP contribution in [-0.4, -0.2) is 52.3 Å². The topological polar surface area (TPSA) is 108 Å². The number of urea groups is 1. The monoisotopic (exact) mass is 459 g/mol. The summed E-state index contributed by atoms with van der Waals surface area (Å²) in [6, 6.07) is 13.0. The van der Waals surface area contributed by atoms with Crippen molar-refractivity contribution in [1.29, 1.82) is 0 Å². The standard InChI is InChI=1S/C23H23N7O2.C2H6/c1-15-2-7-20(24-13-15)29-23(31)27-17-5-3-16(4-6-17)19-12-18-21(28-19)25-14-26-22(18)30-8-10-32-11-9-30;1-2/h2-7,12-14H,8-11H2,1H3,(H,25,26,28)(H2,24,27,29,31);1-2H3. The van der Waals surface area contributed by atoms with Crippen LogP contribution in [0.5, 0.6) is 0 Å². The number of anilines is 3. The molecule has 0 spiro atoms. The Morgan fingerprint density at radius 3 is 2.47 bits per heavy atom. The van der Waals surface area contributed by atoms with E-state index in [2.05, 4.69) is 41.5 Å². The molecule has 176 valence electrons. The molecule has 1 aliphatic heterocycles. The van der Waals surface area contributed by atoms with Crippen molar-refractivity contribution in [3.8, 4) is 11.3 Å². The van der Waals surface area contributed by atoms with Crippen LogP contribution in [0, 0.1) is 6.92 Å². The number of hydrogen-bond acceptors (Lipinski definition) is 6. The molecule has 5 rings (SSSR count). The number of pyridine rings is 1. The van der Waals surface area contributed by atoms with E-state index in [1.165, 1.54) is 0 Å². The van der Waals surface area contributed by atoms with E-state index in [0.29, 0.717) is 24.7 Å². The zero-order valence-electron chi connectivity index (χ0n) is 19.6. The van der Waals surface area contributed by atoms with Crippen LogP contribution in [0.15, 0.2) is 55.0 Å². The minimum absolute atomic E-state index is 0.342. The number of fused-ring (bicyclic) bond motifs is 1. The van der Waals surface area contributed by atoms with E-state index in [9.17, 15) is 4.79 Å². The minimum atomic E-state index is -0.342. The number of carbonyl (C=O) groups is 1. The fourth-order valence-corrected chi connectivity index (χ4v) is 3.66. The molecule has 0 saturated carbocycles. The van der Waals surface area contributed by atoms with Gasteiger partial charge < -0.3 is 19.9 Å². The van der Waals surface area contributed by atoms with Gasteiger partial charge in [-0.3, -0.25) is 5.32 Å². The second kappa shape index (κ2) is 10.8. The van der Waals surface area contributed by atoms with E-state index in [1.54, 1.807) is 18.6 Å². The van der Waals surface area contributed by atoms with Crippen LogP contribution in [0.2, 0.25) is 0 Å². The summed E-state index contributed by atoms with van der Waals surface area (Å²) in [6.07, 6.45) is 3.29. The Kier molecular flexibility index (Phi) is 7.34. The molecule has 1 aromatic carbocycles. The number of carbonyl (C=O) groups excluding carboxylic acids is 1. The third-order valence-corrected chi connectivity index (χ3v) is 5.32. The van der Waals surface area contributed by atoms with E-state index in [-0.39, 0.29) is 6.03 Å². The lowest BCUT2D eigenvalue weighted by atomic mass is 10.1. The third-order valence-electron chi connectivity index (χ3n) is 5.32. The van der Waals surface area contributed by atoms with E-state index in [1.807, 2.05) is 51.1 Å². The summed E-state index contributed by atoms with van der Waals surface area (Å²) in [7, 11) is 0. The molecule has 0 unspecified atom stereocenters. The van der Waals surface area contributed by atoms with E-state index in [4.69, 9.17) is 4.74 Å². The Morgan fingerprint density at radius 1 is 1.00 bits per heavy atom. The molecule has 3 aromatic heterocycles. The Hall–Kier alpha value is -3.98. The van der Waals surface area contributed by atoms with Gasteiger partial charge in [-0.15, -0.1) is 0 Å². The molecule has 9 nitrogen and oxygen atoms in total. The maximum Gasteiger partial charge on any atom is 0.324 e. The number of amides is 2. The number of aromatic nitrogens is 4. The molecule has 0 bridgehead atoms. The SMILES string of the molecule is CC.Cc1ccc(NC(=O)Nc2ccc(-c3cc4c(N5CCOCC5)ncnc4[nH]3)cc2)nc1. The quantitative estimate of drug-likeness (QED) is 0.403. The van der Waals surface area contributed by atoms with Crippen LogP contribution in [0.1, 0.15) is 19.4 Å². The molecule has 0 aliphatic carbocycles. The summed E-state index contributed by atoms with van der Waals surface area (Å²) in [5, 5.41) is 6.53. The molecule has 1 saturated heterocycles. The summed E-state index contributed by atoms with van der Waals surface area (Å²) >= 11 is 0. The van der Waals surface area contributed by atoms with Crippen molar-refractivity contribution in [2.75, 3.05) is 41.8 Å². The second-order valence-electron chi connectivity index (χ2n) is 7.62. The number of nitrogens with one attached hydrogen (secondary N) is 3. The first-order valence-electron chi connectivity index (χ1n) is 11.4. The van der Waals surface area contributed by atoms with Crippen molar-refractivity contribution in [1.82, 2.24) is 19.9 Å². The van der Waals surface area contributed by atoms with Gasteiger partial charge in [0.25, 0.3) is 0 Å². The average molecular weight is 460 g/mol. The van der Waals surface area contributed by atoms with Gasteiger partial charge in [-0.05, 0) is 42.3 Å². The highest BCUT2D eigenvalue weighted by molar-refractivity contribution is 5.99. The van der Waals surface area contributed by atoms with Crippen molar-refractivity contribution in [3.05, 3.63) is 60.6 Å². The van der Waals surface area contributed by atoms with Crippen molar-refractivity contribution >= 4 is 34.4 Å². The van der Waals surface area contributed by atoms with Gasteiger partial charge in [-0.1, -0.05) is 32.0 Å². The number of ether oxygens (including phenoxy) is 1. The molecular weight excluding hydrogens is 430 g/mol. The molecule has 0 atom stereocenters. The third kappa shape index (κ3) is 5.32. The van der Waals surface area contributed by atoms with Crippen LogP contribution in [-0.2, 0) is 4.74 Å².